The number of hydrogen-bond acceptors (Lipinski definition) is 4. The molecule has 0 saturated heterocycles. The summed E-state index contributed by atoms with van der Waals surface area (Å²) in [5.74, 6) is -0.246. The zero-order valence-electron chi connectivity index (χ0n) is 15.4. The molecule has 2 amide bonds. The van der Waals surface area contributed by atoms with Crippen LogP contribution in [0.15, 0.2) is 77.7 Å². The van der Waals surface area contributed by atoms with Crippen LogP contribution < -0.4 is 13.9 Å². The van der Waals surface area contributed by atoms with Gasteiger partial charge < -0.3 is 4.74 Å². The second-order valence-corrected chi connectivity index (χ2v) is 8.12. The minimum absolute atomic E-state index is 0.0400. The summed E-state index contributed by atoms with van der Waals surface area (Å²) in [6, 6.07) is 17.8. The number of nitrogens with zero attached hydrogens (tertiary/aromatic N) is 2. The van der Waals surface area contributed by atoms with Gasteiger partial charge in [-0.05, 0) is 30.3 Å². The van der Waals surface area contributed by atoms with Gasteiger partial charge in [0.2, 0.25) is 0 Å². The van der Waals surface area contributed by atoms with Crippen molar-refractivity contribution in [1.82, 2.24) is 0 Å². The Labute approximate surface area is 167 Å². The average Bonchev–Trinajstić information content (AvgIpc) is 2.73. The number of para-hydroxylation sites is 3. The van der Waals surface area contributed by atoms with Crippen molar-refractivity contribution < 1.29 is 22.3 Å². The van der Waals surface area contributed by atoms with Crippen LogP contribution in [0.1, 0.15) is 5.56 Å². The number of methoxy groups -OCH3 is 1. The molecule has 0 fully saturated rings. The number of hydrogen-bond donors (Lipinski definition) is 0. The van der Waals surface area contributed by atoms with Crippen LogP contribution in [0, 0.1) is 5.82 Å². The van der Waals surface area contributed by atoms with Crippen LogP contribution in [-0.2, 0) is 16.6 Å². The van der Waals surface area contributed by atoms with Crippen molar-refractivity contribution in [3.8, 4) is 5.75 Å². The van der Waals surface area contributed by atoms with Crippen LogP contribution in [0.4, 0.5) is 20.6 Å². The van der Waals surface area contributed by atoms with E-state index in [2.05, 4.69) is 0 Å². The molecule has 0 bridgehead atoms. The Bertz CT molecular complexity index is 1200. The molecule has 0 saturated carbocycles. The molecule has 6 nitrogen and oxygen atoms in total. The van der Waals surface area contributed by atoms with Crippen LogP contribution in [0.25, 0.3) is 0 Å². The molecule has 4 rings (SSSR count). The molecule has 8 heteroatoms. The molecular weight excluding hydrogens is 395 g/mol. The number of sulfonamides is 1. The van der Waals surface area contributed by atoms with Gasteiger partial charge in [0.25, 0.3) is 10.0 Å². The smallest absolute Gasteiger partial charge is 0.343 e. The van der Waals surface area contributed by atoms with Crippen molar-refractivity contribution in [3.05, 3.63) is 84.2 Å². The summed E-state index contributed by atoms with van der Waals surface area (Å²) in [5.41, 5.74) is 0.565. The van der Waals surface area contributed by atoms with Crippen LogP contribution in [0.5, 0.6) is 5.75 Å². The van der Waals surface area contributed by atoms with E-state index in [4.69, 9.17) is 4.74 Å². The monoisotopic (exact) mass is 412 g/mol. The van der Waals surface area contributed by atoms with Gasteiger partial charge in [0.15, 0.2) is 0 Å². The summed E-state index contributed by atoms with van der Waals surface area (Å²) in [6.07, 6.45) is 0. The number of carbonyl (C=O) groups excluding carboxylic acids is 1. The van der Waals surface area contributed by atoms with Gasteiger partial charge in [0, 0.05) is 5.56 Å². The predicted molar refractivity (Wildman–Crippen MR) is 107 cm³/mol. The predicted octanol–water partition coefficient (Wildman–Crippen LogP) is 4.17. The van der Waals surface area contributed by atoms with Crippen LogP contribution in [0.3, 0.4) is 0 Å². The summed E-state index contributed by atoms with van der Waals surface area (Å²) in [4.78, 5) is 14.6. The maximum atomic E-state index is 14.2. The molecule has 1 heterocycles. The van der Waals surface area contributed by atoms with Gasteiger partial charge in [0.05, 0.1) is 19.3 Å². The van der Waals surface area contributed by atoms with Crippen molar-refractivity contribution in [1.29, 1.82) is 0 Å². The van der Waals surface area contributed by atoms with E-state index in [9.17, 15) is 17.6 Å². The molecule has 0 atom stereocenters. The van der Waals surface area contributed by atoms with Crippen molar-refractivity contribution >= 4 is 27.4 Å². The number of amides is 2. The van der Waals surface area contributed by atoms with Crippen LogP contribution in [-0.4, -0.2) is 21.6 Å². The molecule has 0 radical (unpaired) electrons. The van der Waals surface area contributed by atoms with Crippen LogP contribution in [0.2, 0.25) is 0 Å². The number of carbonyl (C=O) groups is 1. The van der Waals surface area contributed by atoms with E-state index < -0.39 is 21.9 Å². The summed E-state index contributed by atoms with van der Waals surface area (Å²) >= 11 is 0. The number of urea groups is 1. The van der Waals surface area contributed by atoms with Crippen molar-refractivity contribution in [2.45, 2.75) is 11.4 Å². The van der Waals surface area contributed by atoms with Gasteiger partial charge in [-0.15, -0.1) is 0 Å². The number of fused-ring (bicyclic) bond motifs is 1. The fourth-order valence-corrected chi connectivity index (χ4v) is 4.90. The Hall–Kier alpha value is -3.39. The number of anilines is 2. The average molecular weight is 412 g/mol. The largest absolute Gasteiger partial charge is 0.495 e. The van der Waals surface area contributed by atoms with E-state index in [1.807, 2.05) is 0 Å². The number of halogens is 1. The van der Waals surface area contributed by atoms with Gasteiger partial charge in [0.1, 0.15) is 22.1 Å². The first-order valence-corrected chi connectivity index (χ1v) is 10.2. The molecule has 1 aliphatic rings. The van der Waals surface area contributed by atoms with Crippen molar-refractivity contribution in [2.24, 2.45) is 0 Å². The van der Waals surface area contributed by atoms with E-state index in [-0.39, 0.29) is 34.1 Å². The molecule has 3 aromatic carbocycles. The lowest BCUT2D eigenvalue weighted by atomic mass is 10.2. The lowest BCUT2D eigenvalue weighted by Crippen LogP contribution is -2.50. The van der Waals surface area contributed by atoms with Crippen molar-refractivity contribution in [3.63, 3.8) is 0 Å². The standard InChI is InChI=1S/C21H17FN2O4S/c1-28-19-12-6-4-10-17(19)24-21(25)23(14-15-8-2-3-9-16(15)22)18-11-5-7-13-20(18)29(24,26)27/h2-13H,14H2,1H3. The van der Waals surface area contributed by atoms with Crippen LogP contribution >= 0.6 is 0 Å². The number of benzene rings is 3. The molecule has 1 aliphatic heterocycles. The highest BCUT2D eigenvalue weighted by Crippen LogP contribution is 2.40. The van der Waals surface area contributed by atoms with E-state index in [0.717, 1.165) is 0 Å². The maximum Gasteiger partial charge on any atom is 0.343 e. The Morgan fingerprint density at radius 2 is 1.52 bits per heavy atom. The van der Waals surface area contributed by atoms with E-state index in [1.165, 1.54) is 36.3 Å². The molecule has 0 N–H and O–H groups in total. The third kappa shape index (κ3) is 3.11. The van der Waals surface area contributed by atoms with E-state index >= 15 is 0 Å². The second-order valence-electron chi connectivity index (χ2n) is 6.37. The molecule has 0 aromatic heterocycles. The summed E-state index contributed by atoms with van der Waals surface area (Å²) in [5, 5.41) is 0. The zero-order valence-corrected chi connectivity index (χ0v) is 16.3. The van der Waals surface area contributed by atoms with E-state index in [0.29, 0.717) is 4.31 Å². The Morgan fingerprint density at radius 3 is 2.24 bits per heavy atom. The molecular formula is C21H17FN2O4S. The molecule has 29 heavy (non-hydrogen) atoms. The first kappa shape index (κ1) is 18.9. The lowest BCUT2D eigenvalue weighted by Gasteiger charge is -2.36. The Morgan fingerprint density at radius 1 is 0.897 bits per heavy atom. The fourth-order valence-electron chi connectivity index (χ4n) is 3.29. The second kappa shape index (κ2) is 7.21. The molecule has 148 valence electrons. The third-order valence-corrected chi connectivity index (χ3v) is 6.40. The van der Waals surface area contributed by atoms with Gasteiger partial charge in [-0.2, -0.15) is 4.31 Å². The maximum absolute atomic E-state index is 14.2. The Balaban J connectivity index is 1.91. The van der Waals surface area contributed by atoms with Gasteiger partial charge in [-0.25, -0.2) is 17.6 Å². The first-order chi connectivity index (χ1) is 13.9. The SMILES string of the molecule is COc1ccccc1N1C(=O)N(Cc2ccccc2F)c2ccccc2S1(=O)=O. The number of ether oxygens (including phenoxy) is 1. The third-order valence-electron chi connectivity index (χ3n) is 4.67. The minimum Gasteiger partial charge on any atom is -0.495 e. The van der Waals surface area contributed by atoms with Gasteiger partial charge in [-0.1, -0.05) is 42.5 Å². The normalized spacial score (nSPS) is 15.2. The minimum atomic E-state index is -4.18. The summed E-state index contributed by atoms with van der Waals surface area (Å²) in [7, 11) is -2.79. The summed E-state index contributed by atoms with van der Waals surface area (Å²) in [6.45, 7) is -0.121. The quantitative estimate of drug-likeness (QED) is 0.645. The van der Waals surface area contributed by atoms with Crippen molar-refractivity contribution in [2.75, 3.05) is 16.3 Å². The highest BCUT2D eigenvalue weighted by atomic mass is 32.2. The Kier molecular flexibility index (Phi) is 4.71. The van der Waals surface area contributed by atoms with Gasteiger partial charge in [-0.3, -0.25) is 4.90 Å². The number of rotatable bonds is 4. The fraction of sp³-hybridized carbons (Fsp3) is 0.0952. The zero-order chi connectivity index (χ0) is 20.6. The topological polar surface area (TPSA) is 66.9 Å². The van der Waals surface area contributed by atoms with E-state index in [1.54, 1.807) is 48.5 Å². The highest BCUT2D eigenvalue weighted by molar-refractivity contribution is 7.94. The van der Waals surface area contributed by atoms with Gasteiger partial charge >= 0.3 is 6.03 Å². The molecule has 0 aliphatic carbocycles. The lowest BCUT2D eigenvalue weighted by molar-refractivity contribution is 0.253. The first-order valence-electron chi connectivity index (χ1n) is 8.77. The highest BCUT2D eigenvalue weighted by Gasteiger charge is 2.43. The summed E-state index contributed by atoms with van der Waals surface area (Å²) < 4.78 is 46.8. The molecule has 3 aromatic rings. The molecule has 0 unspecified atom stereocenters. The molecule has 0 spiro atoms.